The van der Waals surface area contributed by atoms with Crippen LogP contribution in [0.1, 0.15) is 48.0 Å². The molecule has 1 aliphatic rings. The highest BCUT2D eigenvalue weighted by Gasteiger charge is 2.33. The van der Waals surface area contributed by atoms with Gasteiger partial charge in [-0.1, -0.05) is 40.2 Å². The predicted molar refractivity (Wildman–Crippen MR) is 76.3 cm³/mol. The van der Waals surface area contributed by atoms with Gasteiger partial charge in [-0.3, -0.25) is 4.79 Å². The molecule has 0 aromatic carbocycles. The Labute approximate surface area is 120 Å². The number of amides is 1. The largest absolute Gasteiger partial charge is 0.351 e. The fourth-order valence-corrected chi connectivity index (χ4v) is 3.87. The molecular weight excluding hydrogens is 314 g/mol. The van der Waals surface area contributed by atoms with E-state index in [9.17, 15) is 4.79 Å². The highest BCUT2D eigenvalue weighted by molar-refractivity contribution is 9.09. The monoisotopic (exact) mass is 331 g/mol. The molecule has 1 amide bonds. The van der Waals surface area contributed by atoms with Crippen molar-refractivity contribution in [3.05, 3.63) is 10.6 Å². The van der Waals surface area contributed by atoms with Crippen molar-refractivity contribution in [3.63, 3.8) is 0 Å². The van der Waals surface area contributed by atoms with Gasteiger partial charge in [0.1, 0.15) is 4.88 Å². The van der Waals surface area contributed by atoms with Gasteiger partial charge in [-0.15, -0.1) is 5.10 Å². The van der Waals surface area contributed by atoms with E-state index in [0.717, 1.165) is 24.0 Å². The van der Waals surface area contributed by atoms with Crippen LogP contribution in [0.5, 0.6) is 0 Å². The van der Waals surface area contributed by atoms with E-state index in [-0.39, 0.29) is 11.3 Å². The maximum absolute atomic E-state index is 12.1. The van der Waals surface area contributed by atoms with Gasteiger partial charge in [0.15, 0.2) is 0 Å². The third-order valence-corrected chi connectivity index (χ3v) is 5.62. The molecule has 0 unspecified atom stereocenters. The van der Waals surface area contributed by atoms with Crippen LogP contribution in [0.2, 0.25) is 0 Å². The molecule has 1 heterocycles. The average molecular weight is 332 g/mol. The number of carbonyl (C=O) groups is 1. The quantitative estimate of drug-likeness (QED) is 0.844. The summed E-state index contributed by atoms with van der Waals surface area (Å²) in [5, 5.41) is 7.99. The zero-order valence-corrected chi connectivity index (χ0v) is 12.9. The highest BCUT2D eigenvalue weighted by Crippen LogP contribution is 2.39. The van der Waals surface area contributed by atoms with Crippen molar-refractivity contribution in [1.82, 2.24) is 14.9 Å². The van der Waals surface area contributed by atoms with Crippen LogP contribution >= 0.6 is 27.5 Å². The first-order valence-corrected chi connectivity index (χ1v) is 8.25. The van der Waals surface area contributed by atoms with Gasteiger partial charge in [0.05, 0.1) is 5.69 Å². The van der Waals surface area contributed by atoms with E-state index in [0.29, 0.717) is 4.88 Å². The third-order valence-electron chi connectivity index (χ3n) is 3.67. The molecule has 0 saturated heterocycles. The standard InChI is InChI=1S/C12H18BrN3OS/c1-2-9-10(18-16-15-9)11(17)14-8-12(7-13)5-3-4-6-12/h2-8H2,1H3,(H,14,17). The van der Waals surface area contributed by atoms with Crippen molar-refractivity contribution < 1.29 is 4.79 Å². The number of halogens is 1. The number of carbonyl (C=O) groups excluding carboxylic acids is 1. The number of hydrogen-bond acceptors (Lipinski definition) is 4. The zero-order valence-electron chi connectivity index (χ0n) is 10.5. The molecule has 4 nitrogen and oxygen atoms in total. The Morgan fingerprint density at radius 3 is 2.83 bits per heavy atom. The van der Waals surface area contributed by atoms with E-state index < -0.39 is 0 Å². The third kappa shape index (κ3) is 2.91. The van der Waals surface area contributed by atoms with Crippen molar-refractivity contribution >= 4 is 33.4 Å². The van der Waals surface area contributed by atoms with Gasteiger partial charge in [0.2, 0.25) is 0 Å². The van der Waals surface area contributed by atoms with Crippen molar-refractivity contribution in [2.75, 3.05) is 11.9 Å². The van der Waals surface area contributed by atoms with E-state index in [1.54, 1.807) is 0 Å². The Morgan fingerprint density at radius 2 is 2.22 bits per heavy atom. The fourth-order valence-electron chi connectivity index (χ4n) is 2.44. The minimum absolute atomic E-state index is 0.0194. The Morgan fingerprint density at radius 1 is 1.50 bits per heavy atom. The van der Waals surface area contributed by atoms with Crippen LogP contribution in [0.15, 0.2) is 0 Å². The Hall–Kier alpha value is -0.490. The molecule has 18 heavy (non-hydrogen) atoms. The van der Waals surface area contributed by atoms with Crippen LogP contribution in [0.3, 0.4) is 0 Å². The summed E-state index contributed by atoms with van der Waals surface area (Å²) >= 11 is 4.77. The van der Waals surface area contributed by atoms with Gasteiger partial charge in [-0.25, -0.2) is 0 Å². The molecule has 1 N–H and O–H groups in total. The lowest BCUT2D eigenvalue weighted by Gasteiger charge is -2.26. The zero-order chi connectivity index (χ0) is 13.0. The summed E-state index contributed by atoms with van der Waals surface area (Å²) in [5.74, 6) is -0.0194. The number of aromatic nitrogens is 2. The number of nitrogens with zero attached hydrogens (tertiary/aromatic N) is 2. The lowest BCUT2D eigenvalue weighted by atomic mass is 9.89. The summed E-state index contributed by atoms with van der Waals surface area (Å²) < 4.78 is 3.85. The number of hydrogen-bond donors (Lipinski definition) is 1. The van der Waals surface area contributed by atoms with Crippen LogP contribution < -0.4 is 5.32 Å². The average Bonchev–Trinajstić information content (AvgIpc) is 3.05. The molecule has 0 atom stereocenters. The second-order valence-electron chi connectivity index (χ2n) is 4.93. The first-order chi connectivity index (χ1) is 8.71. The van der Waals surface area contributed by atoms with Crippen LogP contribution in [0.25, 0.3) is 0 Å². The maximum Gasteiger partial charge on any atom is 0.264 e. The summed E-state index contributed by atoms with van der Waals surface area (Å²) in [6, 6.07) is 0. The number of nitrogens with one attached hydrogen (secondary N) is 1. The van der Waals surface area contributed by atoms with Crippen molar-refractivity contribution in [2.24, 2.45) is 5.41 Å². The molecule has 1 aliphatic carbocycles. The minimum atomic E-state index is -0.0194. The van der Waals surface area contributed by atoms with E-state index in [4.69, 9.17) is 0 Å². The van der Waals surface area contributed by atoms with Gasteiger partial charge in [0, 0.05) is 11.9 Å². The Balaban J connectivity index is 1.96. The smallest absolute Gasteiger partial charge is 0.264 e. The van der Waals surface area contributed by atoms with E-state index >= 15 is 0 Å². The Kier molecular flexibility index (Phi) is 4.72. The van der Waals surface area contributed by atoms with Crippen molar-refractivity contribution in [3.8, 4) is 0 Å². The van der Waals surface area contributed by atoms with Gasteiger partial charge in [0.25, 0.3) is 5.91 Å². The van der Waals surface area contributed by atoms with Crippen molar-refractivity contribution in [1.29, 1.82) is 0 Å². The lowest BCUT2D eigenvalue weighted by molar-refractivity contribution is 0.0938. The second kappa shape index (κ2) is 6.10. The lowest BCUT2D eigenvalue weighted by Crippen LogP contribution is -2.37. The van der Waals surface area contributed by atoms with Crippen LogP contribution in [-0.2, 0) is 6.42 Å². The van der Waals surface area contributed by atoms with Gasteiger partial charge in [-0.05, 0) is 36.2 Å². The predicted octanol–water partition coefficient (Wildman–Crippen LogP) is 2.79. The van der Waals surface area contributed by atoms with Crippen LogP contribution in [-0.4, -0.2) is 27.4 Å². The molecule has 100 valence electrons. The molecule has 1 saturated carbocycles. The molecular formula is C12H18BrN3OS. The Bertz CT molecular complexity index is 415. The summed E-state index contributed by atoms with van der Waals surface area (Å²) in [5.41, 5.74) is 1.05. The molecule has 1 aromatic heterocycles. The van der Waals surface area contributed by atoms with E-state index in [1.165, 1.54) is 37.2 Å². The molecule has 0 aliphatic heterocycles. The van der Waals surface area contributed by atoms with E-state index in [2.05, 4.69) is 30.8 Å². The molecule has 0 bridgehead atoms. The topological polar surface area (TPSA) is 54.9 Å². The molecule has 1 fully saturated rings. The maximum atomic E-state index is 12.1. The number of rotatable bonds is 5. The normalized spacial score (nSPS) is 17.9. The fraction of sp³-hybridized carbons (Fsp3) is 0.750. The first kappa shape index (κ1) is 13.9. The number of aryl methyl sites for hydroxylation is 1. The summed E-state index contributed by atoms with van der Waals surface area (Å²) in [7, 11) is 0. The molecule has 2 rings (SSSR count). The van der Waals surface area contributed by atoms with Gasteiger partial charge >= 0.3 is 0 Å². The minimum Gasteiger partial charge on any atom is -0.351 e. The van der Waals surface area contributed by atoms with Gasteiger partial charge < -0.3 is 5.32 Å². The SMILES string of the molecule is CCc1nnsc1C(=O)NCC1(CBr)CCCC1. The number of alkyl halides is 1. The molecule has 1 aromatic rings. The van der Waals surface area contributed by atoms with Gasteiger partial charge in [-0.2, -0.15) is 0 Å². The summed E-state index contributed by atoms with van der Waals surface area (Å²) in [6.45, 7) is 2.74. The van der Waals surface area contributed by atoms with Crippen LogP contribution in [0.4, 0.5) is 0 Å². The highest BCUT2D eigenvalue weighted by atomic mass is 79.9. The molecule has 0 spiro atoms. The summed E-state index contributed by atoms with van der Waals surface area (Å²) in [4.78, 5) is 12.8. The molecule has 6 heteroatoms. The van der Waals surface area contributed by atoms with E-state index in [1.807, 2.05) is 6.92 Å². The van der Waals surface area contributed by atoms with Crippen molar-refractivity contribution in [2.45, 2.75) is 39.0 Å². The summed E-state index contributed by atoms with van der Waals surface area (Å²) in [6.07, 6.45) is 5.68. The van der Waals surface area contributed by atoms with Crippen LogP contribution in [0, 0.1) is 5.41 Å². The first-order valence-electron chi connectivity index (χ1n) is 6.36. The molecule has 0 radical (unpaired) electrons. The second-order valence-corrected chi connectivity index (χ2v) is 6.24.